The highest BCUT2D eigenvalue weighted by molar-refractivity contribution is 9.10. The standard InChI is InChI=1S/C16H14BrClN2O2/c1-9-11(15(21)19-2)4-3-5-14(9)20-16(22)12-8-10(18)6-7-13(12)17/h3-8H,1-2H3,(H,19,21)(H,20,22). The van der Waals surface area contributed by atoms with Gasteiger partial charge in [0.2, 0.25) is 0 Å². The van der Waals surface area contributed by atoms with Crippen LogP contribution in [0.3, 0.4) is 0 Å². The maximum Gasteiger partial charge on any atom is 0.256 e. The van der Waals surface area contributed by atoms with Gasteiger partial charge in [0, 0.05) is 27.8 Å². The highest BCUT2D eigenvalue weighted by Crippen LogP contribution is 2.24. The van der Waals surface area contributed by atoms with Crippen LogP contribution in [0.15, 0.2) is 40.9 Å². The zero-order valence-corrected chi connectivity index (χ0v) is 14.4. The Balaban J connectivity index is 2.33. The lowest BCUT2D eigenvalue weighted by Crippen LogP contribution is -2.20. The van der Waals surface area contributed by atoms with E-state index in [1.807, 2.05) is 0 Å². The molecule has 22 heavy (non-hydrogen) atoms. The summed E-state index contributed by atoms with van der Waals surface area (Å²) in [6.45, 7) is 1.78. The van der Waals surface area contributed by atoms with Crippen LogP contribution in [0.1, 0.15) is 26.3 Å². The first-order valence-corrected chi connectivity index (χ1v) is 7.69. The zero-order chi connectivity index (χ0) is 16.3. The van der Waals surface area contributed by atoms with E-state index in [0.29, 0.717) is 31.9 Å². The fourth-order valence-electron chi connectivity index (χ4n) is 2.01. The number of rotatable bonds is 3. The smallest absolute Gasteiger partial charge is 0.256 e. The Bertz CT molecular complexity index is 747. The molecule has 0 heterocycles. The van der Waals surface area contributed by atoms with Crippen molar-refractivity contribution in [3.63, 3.8) is 0 Å². The van der Waals surface area contributed by atoms with Gasteiger partial charge >= 0.3 is 0 Å². The lowest BCUT2D eigenvalue weighted by molar-refractivity contribution is 0.0960. The number of benzene rings is 2. The number of anilines is 1. The molecule has 2 amide bonds. The Kier molecular flexibility index (Phi) is 5.21. The van der Waals surface area contributed by atoms with Crippen molar-refractivity contribution in [2.75, 3.05) is 12.4 Å². The van der Waals surface area contributed by atoms with Crippen LogP contribution in [0, 0.1) is 6.92 Å². The number of amides is 2. The summed E-state index contributed by atoms with van der Waals surface area (Å²) in [4.78, 5) is 24.2. The van der Waals surface area contributed by atoms with Gasteiger partial charge in [-0.05, 0) is 58.7 Å². The molecular formula is C16H14BrClN2O2. The van der Waals surface area contributed by atoms with Crippen molar-refractivity contribution >= 4 is 45.0 Å². The van der Waals surface area contributed by atoms with Crippen molar-refractivity contribution in [2.24, 2.45) is 0 Å². The fourth-order valence-corrected chi connectivity index (χ4v) is 2.61. The highest BCUT2D eigenvalue weighted by atomic mass is 79.9. The Morgan fingerprint density at radius 1 is 1.09 bits per heavy atom. The molecule has 0 aliphatic carbocycles. The maximum atomic E-state index is 12.4. The van der Waals surface area contributed by atoms with Crippen LogP contribution < -0.4 is 10.6 Å². The molecule has 6 heteroatoms. The molecular weight excluding hydrogens is 368 g/mol. The summed E-state index contributed by atoms with van der Waals surface area (Å²) >= 11 is 9.26. The molecule has 0 saturated carbocycles. The van der Waals surface area contributed by atoms with Crippen molar-refractivity contribution in [2.45, 2.75) is 6.92 Å². The first kappa shape index (κ1) is 16.5. The van der Waals surface area contributed by atoms with Gasteiger partial charge in [0.05, 0.1) is 5.56 Å². The van der Waals surface area contributed by atoms with Gasteiger partial charge in [-0.3, -0.25) is 9.59 Å². The molecule has 0 spiro atoms. The predicted molar refractivity (Wildman–Crippen MR) is 91.7 cm³/mol. The fraction of sp³-hybridized carbons (Fsp3) is 0.125. The first-order chi connectivity index (χ1) is 10.4. The second kappa shape index (κ2) is 6.94. The van der Waals surface area contributed by atoms with Gasteiger partial charge in [-0.2, -0.15) is 0 Å². The molecule has 0 bridgehead atoms. The van der Waals surface area contributed by atoms with E-state index in [4.69, 9.17) is 11.6 Å². The van der Waals surface area contributed by atoms with E-state index in [1.54, 1.807) is 50.4 Å². The van der Waals surface area contributed by atoms with Crippen LogP contribution in [0.4, 0.5) is 5.69 Å². The molecule has 2 aromatic rings. The van der Waals surface area contributed by atoms with Crippen LogP contribution in [0.25, 0.3) is 0 Å². The topological polar surface area (TPSA) is 58.2 Å². The monoisotopic (exact) mass is 380 g/mol. The van der Waals surface area contributed by atoms with E-state index in [9.17, 15) is 9.59 Å². The summed E-state index contributed by atoms with van der Waals surface area (Å²) in [7, 11) is 1.57. The number of carbonyl (C=O) groups is 2. The lowest BCUT2D eigenvalue weighted by atomic mass is 10.1. The van der Waals surface area contributed by atoms with Gasteiger partial charge in [0.1, 0.15) is 0 Å². The lowest BCUT2D eigenvalue weighted by Gasteiger charge is -2.12. The predicted octanol–water partition coefficient (Wildman–Crippen LogP) is 4.02. The van der Waals surface area contributed by atoms with Crippen molar-refractivity contribution in [3.8, 4) is 0 Å². The quantitative estimate of drug-likeness (QED) is 0.843. The third-order valence-electron chi connectivity index (χ3n) is 3.23. The number of halogens is 2. The Labute approximate surface area is 142 Å². The number of carbonyl (C=O) groups excluding carboxylic acids is 2. The third kappa shape index (κ3) is 3.48. The van der Waals surface area contributed by atoms with E-state index in [0.717, 1.165) is 0 Å². The first-order valence-electron chi connectivity index (χ1n) is 6.52. The summed E-state index contributed by atoms with van der Waals surface area (Å²) in [6.07, 6.45) is 0. The minimum Gasteiger partial charge on any atom is -0.355 e. The maximum absolute atomic E-state index is 12.4. The van der Waals surface area contributed by atoms with E-state index < -0.39 is 0 Å². The minimum atomic E-state index is -0.300. The number of hydrogen-bond acceptors (Lipinski definition) is 2. The molecule has 0 aromatic heterocycles. The second-order valence-corrected chi connectivity index (χ2v) is 5.93. The van der Waals surface area contributed by atoms with Crippen LogP contribution in [0.2, 0.25) is 5.02 Å². The molecule has 0 atom stereocenters. The Morgan fingerprint density at radius 3 is 2.50 bits per heavy atom. The van der Waals surface area contributed by atoms with Crippen molar-refractivity contribution in [1.82, 2.24) is 5.32 Å². The summed E-state index contributed by atoms with van der Waals surface area (Å²) < 4.78 is 0.648. The Hall–Kier alpha value is -1.85. The van der Waals surface area contributed by atoms with Crippen LogP contribution in [-0.2, 0) is 0 Å². The van der Waals surface area contributed by atoms with E-state index >= 15 is 0 Å². The Morgan fingerprint density at radius 2 is 1.82 bits per heavy atom. The van der Waals surface area contributed by atoms with Gasteiger partial charge in [0.15, 0.2) is 0 Å². The van der Waals surface area contributed by atoms with E-state index in [1.165, 1.54) is 0 Å². The molecule has 114 valence electrons. The van der Waals surface area contributed by atoms with E-state index in [-0.39, 0.29) is 11.8 Å². The molecule has 2 rings (SSSR count). The van der Waals surface area contributed by atoms with Gasteiger partial charge in [-0.15, -0.1) is 0 Å². The van der Waals surface area contributed by atoms with Gasteiger partial charge in [-0.25, -0.2) is 0 Å². The van der Waals surface area contributed by atoms with Crippen LogP contribution in [-0.4, -0.2) is 18.9 Å². The molecule has 0 fully saturated rings. The van der Waals surface area contributed by atoms with Crippen molar-refractivity contribution in [1.29, 1.82) is 0 Å². The number of hydrogen-bond donors (Lipinski definition) is 2. The minimum absolute atomic E-state index is 0.197. The van der Waals surface area contributed by atoms with Crippen LogP contribution in [0.5, 0.6) is 0 Å². The molecule has 0 radical (unpaired) electrons. The van der Waals surface area contributed by atoms with Crippen LogP contribution >= 0.6 is 27.5 Å². The molecule has 0 unspecified atom stereocenters. The number of nitrogens with one attached hydrogen (secondary N) is 2. The normalized spacial score (nSPS) is 10.2. The van der Waals surface area contributed by atoms with Gasteiger partial charge < -0.3 is 10.6 Å². The van der Waals surface area contributed by atoms with Gasteiger partial charge in [-0.1, -0.05) is 17.7 Å². The third-order valence-corrected chi connectivity index (χ3v) is 4.15. The highest BCUT2D eigenvalue weighted by Gasteiger charge is 2.15. The average Bonchev–Trinajstić information content (AvgIpc) is 2.51. The summed E-state index contributed by atoms with van der Waals surface area (Å²) in [6, 6.07) is 10.2. The van der Waals surface area contributed by atoms with Crippen molar-refractivity contribution in [3.05, 3.63) is 62.6 Å². The molecule has 0 aliphatic rings. The zero-order valence-electron chi connectivity index (χ0n) is 12.0. The van der Waals surface area contributed by atoms with Gasteiger partial charge in [0.25, 0.3) is 11.8 Å². The SMILES string of the molecule is CNC(=O)c1cccc(NC(=O)c2cc(Cl)ccc2Br)c1C. The molecule has 0 aliphatic heterocycles. The summed E-state index contributed by atoms with van der Waals surface area (Å²) in [5.41, 5.74) is 2.23. The molecule has 0 saturated heterocycles. The summed E-state index contributed by atoms with van der Waals surface area (Å²) in [5, 5.41) is 5.86. The van der Waals surface area contributed by atoms with Crippen molar-refractivity contribution < 1.29 is 9.59 Å². The average molecular weight is 382 g/mol. The molecule has 2 N–H and O–H groups in total. The molecule has 4 nitrogen and oxygen atoms in total. The molecule has 2 aromatic carbocycles. The summed E-state index contributed by atoms with van der Waals surface area (Å²) in [5.74, 6) is -0.496. The second-order valence-electron chi connectivity index (χ2n) is 4.64. The largest absolute Gasteiger partial charge is 0.355 e. The van der Waals surface area contributed by atoms with E-state index in [2.05, 4.69) is 26.6 Å².